The highest BCUT2D eigenvalue weighted by Gasteiger charge is 2.27. The Morgan fingerprint density at radius 1 is 1.06 bits per heavy atom. The SMILES string of the molecule is O=C1ON=C(c2cccc([N+](=O)[O-])c2)/C1=C\c1ccc(OCc2ccc(Cl)cc2)cc1. The number of ether oxygens (including phenoxy) is 1. The molecule has 0 radical (unpaired) electrons. The number of nitro benzene ring substituents is 1. The molecule has 1 heterocycles. The average molecular weight is 435 g/mol. The number of hydrogen-bond donors (Lipinski definition) is 0. The molecule has 0 fully saturated rings. The molecule has 0 N–H and O–H groups in total. The Balaban J connectivity index is 1.51. The predicted molar refractivity (Wildman–Crippen MR) is 116 cm³/mol. The van der Waals surface area contributed by atoms with Crippen LogP contribution in [0.1, 0.15) is 16.7 Å². The summed E-state index contributed by atoms with van der Waals surface area (Å²) in [5.74, 6) is 0.0447. The van der Waals surface area contributed by atoms with Crippen LogP contribution in [-0.4, -0.2) is 16.6 Å². The van der Waals surface area contributed by atoms with Gasteiger partial charge < -0.3 is 9.57 Å². The molecule has 31 heavy (non-hydrogen) atoms. The van der Waals surface area contributed by atoms with Gasteiger partial charge in [0, 0.05) is 22.7 Å². The number of carbonyl (C=O) groups excluding carboxylic acids is 1. The van der Waals surface area contributed by atoms with Crippen LogP contribution >= 0.6 is 11.6 Å². The number of carbonyl (C=O) groups is 1. The molecule has 0 bridgehead atoms. The highest BCUT2D eigenvalue weighted by Crippen LogP contribution is 2.24. The first-order valence-electron chi connectivity index (χ1n) is 9.23. The van der Waals surface area contributed by atoms with Gasteiger partial charge in [-0.25, -0.2) is 4.79 Å². The van der Waals surface area contributed by atoms with Gasteiger partial charge in [-0.1, -0.05) is 53.2 Å². The summed E-state index contributed by atoms with van der Waals surface area (Å²) in [7, 11) is 0. The molecule has 3 aromatic rings. The van der Waals surface area contributed by atoms with Crippen molar-refractivity contribution >= 4 is 35.0 Å². The van der Waals surface area contributed by atoms with Crippen LogP contribution in [0.2, 0.25) is 5.02 Å². The second kappa shape index (κ2) is 8.81. The van der Waals surface area contributed by atoms with Gasteiger partial charge in [0.25, 0.3) is 5.69 Å². The van der Waals surface area contributed by atoms with Gasteiger partial charge in [-0.15, -0.1) is 0 Å². The minimum absolute atomic E-state index is 0.0962. The van der Waals surface area contributed by atoms with Gasteiger partial charge in [-0.05, 0) is 41.5 Å². The van der Waals surface area contributed by atoms with Crippen LogP contribution in [0.25, 0.3) is 6.08 Å². The van der Waals surface area contributed by atoms with E-state index in [0.717, 1.165) is 11.1 Å². The van der Waals surface area contributed by atoms with Crippen molar-refractivity contribution in [2.75, 3.05) is 0 Å². The summed E-state index contributed by atoms with van der Waals surface area (Å²) in [6.07, 6.45) is 1.62. The third kappa shape index (κ3) is 4.79. The van der Waals surface area contributed by atoms with E-state index in [1.54, 1.807) is 48.5 Å². The molecule has 0 saturated heterocycles. The lowest BCUT2D eigenvalue weighted by Gasteiger charge is -2.07. The topological polar surface area (TPSA) is 91.0 Å². The largest absolute Gasteiger partial charge is 0.489 e. The zero-order chi connectivity index (χ0) is 21.8. The van der Waals surface area contributed by atoms with Crippen molar-refractivity contribution in [1.82, 2.24) is 0 Å². The van der Waals surface area contributed by atoms with Gasteiger partial charge in [0.05, 0.1) is 10.5 Å². The molecule has 0 amide bonds. The highest BCUT2D eigenvalue weighted by molar-refractivity contribution is 6.31. The summed E-state index contributed by atoms with van der Waals surface area (Å²) in [5.41, 5.74) is 2.51. The molecule has 8 heteroatoms. The van der Waals surface area contributed by atoms with Gasteiger partial charge in [0.15, 0.2) is 0 Å². The molecule has 0 aliphatic carbocycles. The van der Waals surface area contributed by atoms with Crippen LogP contribution in [0.4, 0.5) is 5.69 Å². The Kier molecular flexibility index (Phi) is 5.77. The molecular weight excluding hydrogens is 420 g/mol. The number of hydrogen-bond acceptors (Lipinski definition) is 6. The van der Waals surface area contributed by atoms with Crippen LogP contribution in [0, 0.1) is 10.1 Å². The predicted octanol–water partition coefficient (Wildman–Crippen LogP) is 5.17. The quantitative estimate of drug-likeness (QED) is 0.231. The summed E-state index contributed by atoms with van der Waals surface area (Å²) < 4.78 is 5.76. The van der Waals surface area contributed by atoms with Gasteiger partial charge in [-0.2, -0.15) is 0 Å². The fourth-order valence-corrected chi connectivity index (χ4v) is 3.08. The molecule has 1 aliphatic rings. The molecule has 7 nitrogen and oxygen atoms in total. The fourth-order valence-electron chi connectivity index (χ4n) is 2.96. The van der Waals surface area contributed by atoms with E-state index in [-0.39, 0.29) is 17.0 Å². The molecule has 154 valence electrons. The van der Waals surface area contributed by atoms with Gasteiger partial charge >= 0.3 is 5.97 Å². The zero-order valence-corrected chi connectivity index (χ0v) is 16.8. The van der Waals surface area contributed by atoms with E-state index in [0.29, 0.717) is 22.9 Å². The summed E-state index contributed by atoms with van der Waals surface area (Å²) in [6, 6.07) is 20.4. The number of nitrogens with zero attached hydrogens (tertiary/aromatic N) is 2. The molecule has 0 unspecified atom stereocenters. The lowest BCUT2D eigenvalue weighted by Crippen LogP contribution is -2.07. The summed E-state index contributed by atoms with van der Waals surface area (Å²) in [6.45, 7) is 0.396. The smallest absolute Gasteiger partial charge is 0.368 e. The Morgan fingerprint density at radius 2 is 1.81 bits per heavy atom. The van der Waals surface area contributed by atoms with E-state index in [1.807, 2.05) is 12.1 Å². The summed E-state index contributed by atoms with van der Waals surface area (Å²) in [4.78, 5) is 27.5. The van der Waals surface area contributed by atoms with Crippen LogP contribution in [0.5, 0.6) is 5.75 Å². The van der Waals surface area contributed by atoms with E-state index < -0.39 is 10.9 Å². The van der Waals surface area contributed by atoms with Crippen molar-refractivity contribution in [2.45, 2.75) is 6.61 Å². The van der Waals surface area contributed by atoms with Crippen molar-refractivity contribution in [3.8, 4) is 5.75 Å². The number of rotatable bonds is 6. The minimum Gasteiger partial charge on any atom is -0.489 e. The number of non-ortho nitro benzene ring substituents is 1. The third-order valence-corrected chi connectivity index (χ3v) is 4.79. The van der Waals surface area contributed by atoms with E-state index in [2.05, 4.69) is 5.16 Å². The molecule has 4 rings (SSSR count). The Hall–Kier alpha value is -3.97. The van der Waals surface area contributed by atoms with Crippen molar-refractivity contribution in [1.29, 1.82) is 0 Å². The fraction of sp³-hybridized carbons (Fsp3) is 0.0435. The Labute approximate surface area is 182 Å². The first-order chi connectivity index (χ1) is 15.0. The maximum Gasteiger partial charge on any atom is 0.368 e. The van der Waals surface area contributed by atoms with Gasteiger partial charge in [0.1, 0.15) is 18.1 Å². The molecule has 1 aliphatic heterocycles. The van der Waals surface area contributed by atoms with Crippen molar-refractivity contribution in [2.24, 2.45) is 5.16 Å². The monoisotopic (exact) mass is 434 g/mol. The Bertz CT molecular complexity index is 1200. The molecule has 0 atom stereocenters. The van der Waals surface area contributed by atoms with Crippen LogP contribution in [0.3, 0.4) is 0 Å². The van der Waals surface area contributed by atoms with Crippen LogP contribution in [-0.2, 0) is 16.2 Å². The second-order valence-corrected chi connectivity index (χ2v) is 7.10. The minimum atomic E-state index is -0.621. The van der Waals surface area contributed by atoms with Crippen molar-refractivity contribution in [3.63, 3.8) is 0 Å². The maximum absolute atomic E-state index is 12.2. The zero-order valence-electron chi connectivity index (χ0n) is 16.0. The third-order valence-electron chi connectivity index (χ3n) is 4.54. The number of oxime groups is 1. The lowest BCUT2D eigenvalue weighted by molar-refractivity contribution is -0.384. The standard InChI is InChI=1S/C23H15ClN2O5/c24-18-8-4-16(5-9-18)14-30-20-10-6-15(7-11-20)12-21-22(25-31-23(21)27)17-2-1-3-19(13-17)26(28)29/h1-13H,14H2/b21-12+. The van der Waals surface area contributed by atoms with E-state index in [1.165, 1.54) is 18.2 Å². The maximum atomic E-state index is 12.2. The first-order valence-corrected chi connectivity index (χ1v) is 9.61. The number of halogens is 1. The van der Waals surface area contributed by atoms with Crippen molar-refractivity contribution < 1.29 is 19.3 Å². The van der Waals surface area contributed by atoms with Crippen LogP contribution in [0.15, 0.2) is 83.5 Å². The van der Waals surface area contributed by atoms with Gasteiger partial charge in [-0.3, -0.25) is 10.1 Å². The van der Waals surface area contributed by atoms with Crippen LogP contribution < -0.4 is 4.74 Å². The first kappa shape index (κ1) is 20.3. The molecule has 0 saturated carbocycles. The number of nitro groups is 1. The summed E-state index contributed by atoms with van der Waals surface area (Å²) >= 11 is 5.88. The van der Waals surface area contributed by atoms with Crippen molar-refractivity contribution in [3.05, 3.63) is 110 Å². The molecular formula is C23H15ClN2O5. The van der Waals surface area contributed by atoms with Gasteiger partial charge in [0.2, 0.25) is 0 Å². The lowest BCUT2D eigenvalue weighted by atomic mass is 10.0. The van der Waals surface area contributed by atoms with E-state index >= 15 is 0 Å². The molecule has 0 spiro atoms. The van der Waals surface area contributed by atoms with E-state index in [9.17, 15) is 14.9 Å². The highest BCUT2D eigenvalue weighted by atomic mass is 35.5. The molecule has 0 aromatic heterocycles. The second-order valence-electron chi connectivity index (χ2n) is 6.67. The van der Waals surface area contributed by atoms with E-state index in [4.69, 9.17) is 21.2 Å². The number of benzene rings is 3. The molecule has 3 aromatic carbocycles. The summed E-state index contributed by atoms with van der Waals surface area (Å²) in [5, 5.41) is 15.5. The Morgan fingerprint density at radius 3 is 2.52 bits per heavy atom. The average Bonchev–Trinajstić information content (AvgIpc) is 3.14. The normalized spacial score (nSPS) is 14.3.